The molecule has 0 spiro atoms. The van der Waals surface area contributed by atoms with E-state index in [2.05, 4.69) is 20.5 Å². The Balaban J connectivity index is 1.80. The Kier molecular flexibility index (Phi) is 5.33. The summed E-state index contributed by atoms with van der Waals surface area (Å²) < 4.78 is 25.4. The molecule has 8 nitrogen and oxygen atoms in total. The van der Waals surface area contributed by atoms with Gasteiger partial charge in [0.25, 0.3) is 0 Å². The van der Waals surface area contributed by atoms with Gasteiger partial charge in [-0.3, -0.25) is 9.78 Å². The van der Waals surface area contributed by atoms with E-state index in [1.165, 1.54) is 6.20 Å². The maximum absolute atomic E-state index is 12.2. The van der Waals surface area contributed by atoms with Gasteiger partial charge in [0.05, 0.1) is 12.0 Å². The first-order chi connectivity index (χ1) is 12.4. The molecule has 0 aliphatic carbocycles. The number of thioether (sulfide) groups is 1. The van der Waals surface area contributed by atoms with Crippen LogP contribution in [0, 0.1) is 0 Å². The summed E-state index contributed by atoms with van der Waals surface area (Å²) in [5.41, 5.74) is 1.04. The second kappa shape index (κ2) is 7.67. The minimum Gasteiger partial charge on any atom is -0.325 e. The molecule has 3 rings (SSSR count). The van der Waals surface area contributed by atoms with Gasteiger partial charge in [-0.1, -0.05) is 36.0 Å². The molecule has 26 heavy (non-hydrogen) atoms. The van der Waals surface area contributed by atoms with Crippen molar-refractivity contribution in [2.45, 2.75) is 5.16 Å². The van der Waals surface area contributed by atoms with E-state index >= 15 is 0 Å². The summed E-state index contributed by atoms with van der Waals surface area (Å²) in [6.07, 6.45) is 2.59. The lowest BCUT2D eigenvalue weighted by atomic mass is 10.3. The molecule has 0 atom stereocenters. The highest BCUT2D eigenvalue weighted by Gasteiger charge is 2.22. The van der Waals surface area contributed by atoms with Gasteiger partial charge in [0.15, 0.2) is 5.82 Å². The zero-order valence-corrected chi connectivity index (χ0v) is 15.4. The molecule has 0 aliphatic rings. The predicted octanol–water partition coefficient (Wildman–Crippen LogP) is 1.88. The normalized spacial score (nSPS) is 11.3. The molecule has 0 unspecified atom stereocenters. The first kappa shape index (κ1) is 18.1. The maximum atomic E-state index is 12.2. The molecule has 0 bridgehead atoms. The number of hydrogen-bond donors (Lipinski definition) is 1. The van der Waals surface area contributed by atoms with Crippen LogP contribution < -0.4 is 5.32 Å². The molecule has 2 aromatic heterocycles. The van der Waals surface area contributed by atoms with Crippen LogP contribution in [0.15, 0.2) is 59.9 Å². The Hall–Kier alpha value is -2.72. The Morgan fingerprint density at radius 3 is 2.50 bits per heavy atom. The van der Waals surface area contributed by atoms with Crippen molar-refractivity contribution in [2.24, 2.45) is 0 Å². The van der Waals surface area contributed by atoms with Gasteiger partial charge in [0.1, 0.15) is 5.69 Å². The van der Waals surface area contributed by atoms with Crippen molar-refractivity contribution in [3.63, 3.8) is 0 Å². The smallest absolute Gasteiger partial charge is 0.239 e. The Morgan fingerprint density at radius 2 is 1.85 bits per heavy atom. The van der Waals surface area contributed by atoms with E-state index in [0.717, 1.165) is 22.0 Å². The van der Waals surface area contributed by atoms with E-state index in [1.807, 2.05) is 18.2 Å². The van der Waals surface area contributed by atoms with Crippen LogP contribution >= 0.6 is 11.8 Å². The predicted molar refractivity (Wildman–Crippen MR) is 99.3 cm³/mol. The van der Waals surface area contributed by atoms with Gasteiger partial charge < -0.3 is 5.32 Å². The molecule has 1 amide bonds. The number of amides is 1. The van der Waals surface area contributed by atoms with E-state index in [-0.39, 0.29) is 22.6 Å². The molecule has 0 radical (unpaired) electrons. The molecule has 1 aromatic carbocycles. The van der Waals surface area contributed by atoms with Gasteiger partial charge in [0, 0.05) is 11.9 Å². The second-order valence-corrected chi connectivity index (χ2v) is 8.03. The van der Waals surface area contributed by atoms with E-state index in [0.29, 0.717) is 11.4 Å². The quantitative estimate of drug-likeness (QED) is 0.641. The minimum absolute atomic E-state index is 0.00916. The number of pyridine rings is 1. The number of carbonyl (C=O) groups is 1. The topological polar surface area (TPSA) is 107 Å². The zero-order chi connectivity index (χ0) is 18.6. The molecular formula is C16H15N5O3S2. The molecule has 10 heteroatoms. The Bertz CT molecular complexity index is 1000. The third kappa shape index (κ3) is 4.27. The number of rotatable bonds is 6. The third-order valence-corrected chi connectivity index (χ3v) is 5.27. The highest BCUT2D eigenvalue weighted by atomic mass is 32.2. The van der Waals surface area contributed by atoms with Crippen molar-refractivity contribution in [2.75, 3.05) is 17.3 Å². The fourth-order valence-electron chi connectivity index (χ4n) is 2.15. The van der Waals surface area contributed by atoms with Crippen molar-refractivity contribution in [1.29, 1.82) is 0 Å². The van der Waals surface area contributed by atoms with Gasteiger partial charge in [-0.25, -0.2) is 8.42 Å². The summed E-state index contributed by atoms with van der Waals surface area (Å²) >= 11 is 0.987. The molecular weight excluding hydrogens is 374 g/mol. The van der Waals surface area contributed by atoms with Crippen molar-refractivity contribution in [3.05, 3.63) is 54.7 Å². The van der Waals surface area contributed by atoms with E-state index in [1.54, 1.807) is 30.3 Å². The third-order valence-electron chi connectivity index (χ3n) is 3.21. The first-order valence-corrected chi connectivity index (χ1v) is 10.3. The van der Waals surface area contributed by atoms with Crippen LogP contribution in [-0.2, 0) is 14.8 Å². The number of para-hydroxylation sites is 1. The molecule has 0 aliphatic heterocycles. The van der Waals surface area contributed by atoms with E-state index < -0.39 is 10.0 Å². The highest BCUT2D eigenvalue weighted by Crippen LogP contribution is 2.24. The molecule has 2 heterocycles. The van der Waals surface area contributed by atoms with Crippen LogP contribution in [0.2, 0.25) is 0 Å². The number of nitrogens with zero attached hydrogens (tertiary/aromatic N) is 4. The molecule has 134 valence electrons. The van der Waals surface area contributed by atoms with Gasteiger partial charge in [-0.05, 0) is 24.3 Å². The molecule has 0 fully saturated rings. The fourth-order valence-corrected chi connectivity index (χ4v) is 4.11. The van der Waals surface area contributed by atoms with Gasteiger partial charge in [0.2, 0.25) is 21.1 Å². The summed E-state index contributed by atoms with van der Waals surface area (Å²) in [5, 5.41) is 10.7. The van der Waals surface area contributed by atoms with Gasteiger partial charge in [-0.2, -0.15) is 3.97 Å². The summed E-state index contributed by atoms with van der Waals surface area (Å²) in [5.74, 6) is -0.173. The standard InChI is InChI=1S/C16H15N5O3S2/c1-26(23,24)21-15(13-9-5-6-10-17-13)19-20-16(21)25-11-14(22)18-12-7-3-2-4-8-12/h2-10H,11H2,1H3,(H,18,22). The summed E-state index contributed by atoms with van der Waals surface area (Å²) in [7, 11) is -3.68. The molecule has 3 aromatic rings. The van der Waals surface area contributed by atoms with Crippen molar-refractivity contribution in [3.8, 4) is 11.5 Å². The van der Waals surface area contributed by atoms with Crippen LogP contribution in [0.1, 0.15) is 0 Å². The van der Waals surface area contributed by atoms with E-state index in [9.17, 15) is 13.2 Å². The SMILES string of the molecule is CS(=O)(=O)n1c(SCC(=O)Nc2ccccc2)nnc1-c1ccccn1. The van der Waals surface area contributed by atoms with Crippen molar-refractivity contribution in [1.82, 2.24) is 19.2 Å². The first-order valence-electron chi connectivity index (χ1n) is 7.50. The minimum atomic E-state index is -3.68. The summed E-state index contributed by atoms with van der Waals surface area (Å²) in [6, 6.07) is 14.1. The number of hydrogen-bond acceptors (Lipinski definition) is 7. The zero-order valence-electron chi connectivity index (χ0n) is 13.7. The van der Waals surface area contributed by atoms with Crippen LogP contribution in [0.5, 0.6) is 0 Å². The summed E-state index contributed by atoms with van der Waals surface area (Å²) in [6.45, 7) is 0. The number of benzene rings is 1. The monoisotopic (exact) mass is 389 g/mol. The Morgan fingerprint density at radius 1 is 1.12 bits per heavy atom. The van der Waals surface area contributed by atoms with Crippen molar-refractivity contribution >= 4 is 33.4 Å². The number of nitrogens with one attached hydrogen (secondary N) is 1. The number of carbonyl (C=O) groups excluding carboxylic acids is 1. The lowest BCUT2D eigenvalue weighted by Gasteiger charge is -2.07. The average Bonchev–Trinajstić information content (AvgIpc) is 3.06. The number of aromatic nitrogens is 4. The highest BCUT2D eigenvalue weighted by molar-refractivity contribution is 8.00. The fraction of sp³-hybridized carbons (Fsp3) is 0.125. The van der Waals surface area contributed by atoms with E-state index in [4.69, 9.17) is 0 Å². The Labute approximate surface area is 154 Å². The van der Waals surface area contributed by atoms with Crippen LogP contribution in [-0.4, -0.2) is 45.5 Å². The molecule has 0 saturated heterocycles. The van der Waals surface area contributed by atoms with Crippen LogP contribution in [0.3, 0.4) is 0 Å². The van der Waals surface area contributed by atoms with Gasteiger partial charge >= 0.3 is 0 Å². The summed E-state index contributed by atoms with van der Waals surface area (Å²) in [4.78, 5) is 16.2. The lowest BCUT2D eigenvalue weighted by Crippen LogP contribution is -2.16. The molecule has 1 N–H and O–H groups in total. The largest absolute Gasteiger partial charge is 0.325 e. The van der Waals surface area contributed by atoms with Crippen molar-refractivity contribution < 1.29 is 13.2 Å². The maximum Gasteiger partial charge on any atom is 0.239 e. The molecule has 0 saturated carbocycles. The van der Waals surface area contributed by atoms with Crippen LogP contribution in [0.25, 0.3) is 11.5 Å². The van der Waals surface area contributed by atoms with Crippen LogP contribution in [0.4, 0.5) is 5.69 Å². The van der Waals surface area contributed by atoms with Gasteiger partial charge in [-0.15, -0.1) is 10.2 Å². The number of anilines is 1. The average molecular weight is 389 g/mol. The lowest BCUT2D eigenvalue weighted by molar-refractivity contribution is -0.113. The second-order valence-electron chi connectivity index (χ2n) is 5.25.